The Morgan fingerprint density at radius 2 is 2.10 bits per heavy atom. The van der Waals surface area contributed by atoms with E-state index in [-0.39, 0.29) is 18.4 Å². The normalized spacial score (nSPS) is 18.8. The van der Waals surface area contributed by atoms with Crippen LogP contribution < -0.4 is 10.7 Å². The lowest BCUT2D eigenvalue weighted by Gasteiger charge is -2.31. The zero-order chi connectivity index (χ0) is 15.1. The van der Waals surface area contributed by atoms with E-state index in [2.05, 4.69) is 10.7 Å². The quantitative estimate of drug-likeness (QED) is 0.599. The van der Waals surface area contributed by atoms with Crippen LogP contribution in [0.1, 0.15) is 26.7 Å². The first-order valence-corrected chi connectivity index (χ1v) is 6.99. The molecule has 0 aromatic carbocycles. The van der Waals surface area contributed by atoms with Crippen LogP contribution in [0.25, 0.3) is 0 Å². The minimum Gasteiger partial charge on any atom is -0.383 e. The molecule has 0 aromatic rings. The fourth-order valence-corrected chi connectivity index (χ4v) is 1.97. The van der Waals surface area contributed by atoms with E-state index >= 15 is 0 Å². The summed E-state index contributed by atoms with van der Waals surface area (Å²) in [6.45, 7) is 4.91. The molecule has 1 heterocycles. The highest BCUT2D eigenvalue weighted by atomic mass is 16.5. The van der Waals surface area contributed by atoms with E-state index in [0.29, 0.717) is 6.54 Å². The van der Waals surface area contributed by atoms with Crippen molar-refractivity contribution in [1.29, 1.82) is 0 Å². The summed E-state index contributed by atoms with van der Waals surface area (Å²) >= 11 is 0. The van der Waals surface area contributed by atoms with Gasteiger partial charge in [0.15, 0.2) is 0 Å². The van der Waals surface area contributed by atoms with Gasteiger partial charge >= 0.3 is 0 Å². The number of rotatable bonds is 6. The Morgan fingerprint density at radius 1 is 1.40 bits per heavy atom. The van der Waals surface area contributed by atoms with Gasteiger partial charge in [-0.15, -0.1) is 0 Å². The molecule has 0 radical (unpaired) electrons. The predicted molar refractivity (Wildman–Crippen MR) is 73.6 cm³/mol. The highest BCUT2D eigenvalue weighted by Crippen LogP contribution is 2.05. The van der Waals surface area contributed by atoms with Crippen LogP contribution in [0.5, 0.6) is 0 Å². The van der Waals surface area contributed by atoms with Gasteiger partial charge in [0.2, 0.25) is 5.91 Å². The molecule has 1 aliphatic heterocycles. The molecule has 0 aliphatic carbocycles. The lowest BCUT2D eigenvalue weighted by molar-refractivity contribution is -0.144. The van der Waals surface area contributed by atoms with Crippen molar-refractivity contribution in [3.05, 3.63) is 0 Å². The number of aliphatic hydroxyl groups is 1. The van der Waals surface area contributed by atoms with Crippen molar-refractivity contribution in [2.75, 3.05) is 26.8 Å². The average Bonchev–Trinajstić information content (AvgIpc) is 2.45. The van der Waals surface area contributed by atoms with Crippen molar-refractivity contribution in [1.82, 2.24) is 15.8 Å². The van der Waals surface area contributed by atoms with Gasteiger partial charge in [-0.1, -0.05) is 13.8 Å². The van der Waals surface area contributed by atoms with Gasteiger partial charge in [-0.05, 0) is 18.8 Å². The number of carbonyl (C=O) groups is 2. The molecule has 2 unspecified atom stereocenters. The summed E-state index contributed by atoms with van der Waals surface area (Å²) in [6, 6.07) is -0.786. The van der Waals surface area contributed by atoms with E-state index in [9.17, 15) is 14.7 Å². The Balaban J connectivity index is 2.62. The second kappa shape index (κ2) is 8.18. The zero-order valence-electron chi connectivity index (χ0n) is 12.4. The van der Waals surface area contributed by atoms with E-state index in [4.69, 9.17) is 4.74 Å². The van der Waals surface area contributed by atoms with Crippen molar-refractivity contribution < 1.29 is 19.4 Å². The first-order valence-electron chi connectivity index (χ1n) is 6.99. The van der Waals surface area contributed by atoms with Gasteiger partial charge < -0.3 is 15.2 Å². The summed E-state index contributed by atoms with van der Waals surface area (Å²) < 4.78 is 4.99. The van der Waals surface area contributed by atoms with Gasteiger partial charge in [0.05, 0.1) is 6.61 Å². The molecule has 1 fully saturated rings. The van der Waals surface area contributed by atoms with Crippen LogP contribution in [0.15, 0.2) is 0 Å². The van der Waals surface area contributed by atoms with Crippen molar-refractivity contribution in [2.24, 2.45) is 5.92 Å². The summed E-state index contributed by atoms with van der Waals surface area (Å²) in [5.74, 6) is -0.996. The Labute approximate surface area is 119 Å². The SMILES string of the molecule is COCC(NC(=O)C(O)C(C)C)C(=O)N1CCCCN1. The number of nitrogens with one attached hydrogen (secondary N) is 2. The van der Waals surface area contributed by atoms with Crippen molar-refractivity contribution in [2.45, 2.75) is 38.8 Å². The number of carbonyl (C=O) groups excluding carboxylic acids is 2. The molecule has 0 spiro atoms. The van der Waals surface area contributed by atoms with Crippen LogP contribution in [0.4, 0.5) is 0 Å². The number of hydrogen-bond acceptors (Lipinski definition) is 5. The molecule has 7 heteroatoms. The summed E-state index contributed by atoms with van der Waals surface area (Å²) in [5, 5.41) is 13.8. The fraction of sp³-hybridized carbons (Fsp3) is 0.846. The molecule has 1 saturated heterocycles. The van der Waals surface area contributed by atoms with E-state index in [1.807, 2.05) is 0 Å². The van der Waals surface area contributed by atoms with Crippen molar-refractivity contribution >= 4 is 11.8 Å². The summed E-state index contributed by atoms with van der Waals surface area (Å²) in [4.78, 5) is 24.2. The Bertz CT molecular complexity index is 330. The van der Waals surface area contributed by atoms with Gasteiger partial charge in [-0.25, -0.2) is 5.43 Å². The second-order valence-corrected chi connectivity index (χ2v) is 5.31. The molecule has 20 heavy (non-hydrogen) atoms. The maximum atomic E-state index is 12.3. The van der Waals surface area contributed by atoms with E-state index < -0.39 is 18.1 Å². The summed E-state index contributed by atoms with van der Waals surface area (Å²) in [6.07, 6.45) is 0.828. The molecule has 1 aliphatic rings. The number of nitrogens with zero attached hydrogens (tertiary/aromatic N) is 1. The molecular weight excluding hydrogens is 262 g/mol. The number of amides is 2. The van der Waals surface area contributed by atoms with E-state index in [1.54, 1.807) is 13.8 Å². The van der Waals surface area contributed by atoms with Crippen LogP contribution >= 0.6 is 0 Å². The third kappa shape index (κ3) is 4.73. The maximum Gasteiger partial charge on any atom is 0.261 e. The zero-order valence-corrected chi connectivity index (χ0v) is 12.4. The molecule has 2 amide bonds. The fourth-order valence-electron chi connectivity index (χ4n) is 1.97. The topological polar surface area (TPSA) is 90.9 Å². The van der Waals surface area contributed by atoms with Crippen LogP contribution in [0.2, 0.25) is 0 Å². The number of hydrazine groups is 1. The summed E-state index contributed by atoms with van der Waals surface area (Å²) in [5.41, 5.74) is 3.00. The van der Waals surface area contributed by atoms with Gasteiger partial charge in [0, 0.05) is 20.2 Å². The molecular formula is C13H25N3O4. The average molecular weight is 287 g/mol. The highest BCUT2D eigenvalue weighted by Gasteiger charge is 2.29. The summed E-state index contributed by atoms with van der Waals surface area (Å²) in [7, 11) is 1.47. The maximum absolute atomic E-state index is 12.3. The Hall–Kier alpha value is -1.18. The van der Waals surface area contributed by atoms with Crippen LogP contribution in [0.3, 0.4) is 0 Å². The van der Waals surface area contributed by atoms with Crippen LogP contribution in [-0.4, -0.2) is 60.9 Å². The number of methoxy groups -OCH3 is 1. The highest BCUT2D eigenvalue weighted by molar-refractivity contribution is 5.89. The smallest absolute Gasteiger partial charge is 0.261 e. The minimum absolute atomic E-state index is 0.0770. The third-order valence-electron chi connectivity index (χ3n) is 3.23. The van der Waals surface area contributed by atoms with Crippen molar-refractivity contribution in [3.63, 3.8) is 0 Å². The molecule has 3 N–H and O–H groups in total. The van der Waals surface area contributed by atoms with Gasteiger partial charge in [-0.2, -0.15) is 0 Å². The standard InChI is InChI=1S/C13H25N3O4/c1-9(2)11(17)12(18)15-10(8-20-3)13(19)16-7-5-4-6-14-16/h9-11,14,17H,4-8H2,1-3H3,(H,15,18). The van der Waals surface area contributed by atoms with Gasteiger partial charge in [-0.3, -0.25) is 14.6 Å². The van der Waals surface area contributed by atoms with Gasteiger partial charge in [0.25, 0.3) is 5.91 Å². The molecule has 116 valence electrons. The lowest BCUT2D eigenvalue weighted by atomic mass is 10.1. The predicted octanol–water partition coefficient (Wildman–Crippen LogP) is -0.738. The van der Waals surface area contributed by atoms with E-state index in [0.717, 1.165) is 19.4 Å². The Morgan fingerprint density at radius 3 is 2.60 bits per heavy atom. The lowest BCUT2D eigenvalue weighted by Crippen LogP contribution is -2.58. The molecule has 0 saturated carbocycles. The molecule has 7 nitrogen and oxygen atoms in total. The van der Waals surface area contributed by atoms with Crippen LogP contribution in [0, 0.1) is 5.92 Å². The molecule has 0 bridgehead atoms. The number of aliphatic hydroxyl groups excluding tert-OH is 1. The first kappa shape index (κ1) is 16.9. The number of hydrogen-bond donors (Lipinski definition) is 3. The molecule has 0 aromatic heterocycles. The Kier molecular flexibility index (Phi) is 6.90. The van der Waals surface area contributed by atoms with Crippen molar-refractivity contribution in [3.8, 4) is 0 Å². The largest absolute Gasteiger partial charge is 0.383 e. The first-order chi connectivity index (χ1) is 9.47. The molecule has 1 rings (SSSR count). The number of ether oxygens (including phenoxy) is 1. The van der Waals surface area contributed by atoms with Crippen LogP contribution in [-0.2, 0) is 14.3 Å². The third-order valence-corrected chi connectivity index (χ3v) is 3.23. The molecule has 2 atom stereocenters. The van der Waals surface area contributed by atoms with Gasteiger partial charge in [0.1, 0.15) is 12.1 Å². The monoisotopic (exact) mass is 287 g/mol. The minimum atomic E-state index is -1.13. The second-order valence-electron chi connectivity index (χ2n) is 5.31. The van der Waals surface area contributed by atoms with E-state index in [1.165, 1.54) is 12.1 Å².